The standard InChI is InChI=1S/C19H20FN5O2S/c20-14-8-4-5-9-15(14)21-17(26)12-24-19(27)25-16(22-24)10-11-18(23-25)28-13-6-2-1-3-7-13/h4-5,8-11,13H,1-3,6-7,12H2,(H,21,26). The second-order valence-corrected chi connectivity index (χ2v) is 8.11. The van der Waals surface area contributed by atoms with Crippen molar-refractivity contribution in [2.75, 3.05) is 5.32 Å². The third-order valence-electron chi connectivity index (χ3n) is 4.70. The summed E-state index contributed by atoms with van der Waals surface area (Å²) < 4.78 is 15.9. The van der Waals surface area contributed by atoms with Gasteiger partial charge in [-0.25, -0.2) is 13.9 Å². The van der Waals surface area contributed by atoms with Crippen LogP contribution < -0.4 is 11.0 Å². The molecule has 0 spiro atoms. The van der Waals surface area contributed by atoms with Crippen LogP contribution in [0.25, 0.3) is 5.65 Å². The molecule has 2 aromatic heterocycles. The van der Waals surface area contributed by atoms with Crippen molar-refractivity contribution in [2.45, 2.75) is 48.9 Å². The van der Waals surface area contributed by atoms with Crippen LogP contribution in [0.1, 0.15) is 32.1 Å². The van der Waals surface area contributed by atoms with Crippen molar-refractivity contribution >= 4 is 29.0 Å². The lowest BCUT2D eigenvalue weighted by molar-refractivity contribution is -0.117. The first-order valence-electron chi connectivity index (χ1n) is 9.28. The van der Waals surface area contributed by atoms with Gasteiger partial charge in [0.2, 0.25) is 5.91 Å². The molecule has 3 aromatic rings. The van der Waals surface area contributed by atoms with Gasteiger partial charge in [-0.15, -0.1) is 16.9 Å². The van der Waals surface area contributed by atoms with E-state index in [1.54, 1.807) is 23.9 Å². The van der Waals surface area contributed by atoms with Crippen LogP contribution in [0.15, 0.2) is 46.2 Å². The summed E-state index contributed by atoms with van der Waals surface area (Å²) in [5.41, 5.74) is -0.0601. The summed E-state index contributed by atoms with van der Waals surface area (Å²) in [7, 11) is 0. The van der Waals surface area contributed by atoms with Crippen molar-refractivity contribution in [1.82, 2.24) is 19.4 Å². The highest BCUT2D eigenvalue weighted by Crippen LogP contribution is 2.32. The van der Waals surface area contributed by atoms with E-state index in [1.165, 1.54) is 42.0 Å². The van der Waals surface area contributed by atoms with Gasteiger partial charge in [-0.2, -0.15) is 9.61 Å². The highest BCUT2D eigenvalue weighted by molar-refractivity contribution is 7.99. The van der Waals surface area contributed by atoms with Crippen molar-refractivity contribution < 1.29 is 9.18 Å². The summed E-state index contributed by atoms with van der Waals surface area (Å²) in [4.78, 5) is 24.7. The SMILES string of the molecule is O=C(Cn1nc2ccc(SC3CCCCC3)nn2c1=O)Nc1ccccc1F. The second kappa shape index (κ2) is 8.14. The van der Waals surface area contributed by atoms with Crippen molar-refractivity contribution in [1.29, 1.82) is 0 Å². The Bertz CT molecular complexity index is 1060. The number of hydrogen-bond acceptors (Lipinski definition) is 5. The number of nitrogens with zero attached hydrogens (tertiary/aromatic N) is 4. The summed E-state index contributed by atoms with van der Waals surface area (Å²) in [6.45, 7) is -0.318. The zero-order valence-corrected chi connectivity index (χ0v) is 16.0. The molecule has 7 nitrogen and oxygen atoms in total. The van der Waals surface area contributed by atoms with E-state index in [0.29, 0.717) is 10.9 Å². The molecular formula is C19H20FN5O2S. The number of carbonyl (C=O) groups excluding carboxylic acids is 1. The quantitative estimate of drug-likeness (QED) is 0.711. The van der Waals surface area contributed by atoms with Crippen LogP contribution in [0.4, 0.5) is 10.1 Å². The Balaban J connectivity index is 1.50. The summed E-state index contributed by atoms with van der Waals surface area (Å²) >= 11 is 1.69. The Morgan fingerprint density at radius 2 is 1.93 bits per heavy atom. The lowest BCUT2D eigenvalue weighted by atomic mass is 10.0. The van der Waals surface area contributed by atoms with Crippen LogP contribution in [-0.4, -0.2) is 30.6 Å². The fourth-order valence-electron chi connectivity index (χ4n) is 3.30. The van der Waals surface area contributed by atoms with Crippen molar-refractivity contribution in [3.05, 3.63) is 52.7 Å². The molecule has 2 heterocycles. The predicted molar refractivity (Wildman–Crippen MR) is 105 cm³/mol. The van der Waals surface area contributed by atoms with E-state index in [1.807, 2.05) is 6.07 Å². The molecule has 0 saturated heterocycles. The average Bonchev–Trinajstić information content (AvgIpc) is 3.00. The van der Waals surface area contributed by atoms with E-state index in [9.17, 15) is 14.0 Å². The monoisotopic (exact) mass is 401 g/mol. The molecule has 0 atom stereocenters. The number of halogens is 1. The maximum absolute atomic E-state index is 13.7. The zero-order chi connectivity index (χ0) is 19.5. The number of thioether (sulfide) groups is 1. The number of fused-ring (bicyclic) bond motifs is 1. The first kappa shape index (κ1) is 18.7. The molecular weight excluding hydrogens is 381 g/mol. The van der Waals surface area contributed by atoms with Crippen molar-refractivity contribution in [3.63, 3.8) is 0 Å². The molecule has 1 saturated carbocycles. The molecule has 1 amide bonds. The summed E-state index contributed by atoms with van der Waals surface area (Å²) in [6.07, 6.45) is 6.07. The van der Waals surface area contributed by atoms with E-state index in [2.05, 4.69) is 15.5 Å². The van der Waals surface area contributed by atoms with Gasteiger partial charge in [-0.05, 0) is 37.1 Å². The van der Waals surface area contributed by atoms with Crippen LogP contribution in [0.3, 0.4) is 0 Å². The number of anilines is 1. The number of aromatic nitrogens is 4. The normalized spacial score (nSPS) is 15.0. The third-order valence-corrected chi connectivity index (χ3v) is 5.96. The highest BCUT2D eigenvalue weighted by Gasteiger charge is 2.17. The largest absolute Gasteiger partial charge is 0.367 e. The molecule has 1 aliphatic carbocycles. The van der Waals surface area contributed by atoms with E-state index in [-0.39, 0.29) is 12.2 Å². The summed E-state index contributed by atoms with van der Waals surface area (Å²) in [6, 6.07) is 9.44. The smallest absolute Gasteiger partial charge is 0.322 e. The topological polar surface area (TPSA) is 81.3 Å². The van der Waals surface area contributed by atoms with Gasteiger partial charge >= 0.3 is 5.69 Å². The summed E-state index contributed by atoms with van der Waals surface area (Å²) in [5.74, 6) is -1.07. The maximum Gasteiger partial charge on any atom is 0.367 e. The number of carbonyl (C=O) groups is 1. The molecule has 1 aliphatic rings. The fourth-order valence-corrected chi connectivity index (χ4v) is 4.49. The molecule has 1 aromatic carbocycles. The minimum Gasteiger partial charge on any atom is -0.322 e. The predicted octanol–water partition coefficient (Wildman–Crippen LogP) is 3.09. The Morgan fingerprint density at radius 3 is 2.71 bits per heavy atom. The number of rotatable bonds is 5. The Kier molecular flexibility index (Phi) is 5.43. The van der Waals surface area contributed by atoms with Gasteiger partial charge in [-0.3, -0.25) is 4.79 Å². The Hall–Kier alpha value is -2.68. The number of benzene rings is 1. The first-order chi connectivity index (χ1) is 13.6. The third kappa shape index (κ3) is 4.09. The Labute approximate surface area is 164 Å². The van der Waals surface area contributed by atoms with Gasteiger partial charge in [-0.1, -0.05) is 31.4 Å². The van der Waals surface area contributed by atoms with E-state index in [0.717, 1.165) is 22.5 Å². The van der Waals surface area contributed by atoms with Gasteiger partial charge in [0.15, 0.2) is 5.65 Å². The Morgan fingerprint density at radius 1 is 1.14 bits per heavy atom. The van der Waals surface area contributed by atoms with E-state index < -0.39 is 17.4 Å². The first-order valence-corrected chi connectivity index (χ1v) is 10.2. The highest BCUT2D eigenvalue weighted by atomic mass is 32.2. The molecule has 0 aliphatic heterocycles. The molecule has 146 valence electrons. The molecule has 0 bridgehead atoms. The summed E-state index contributed by atoms with van der Waals surface area (Å²) in [5, 5.41) is 12.3. The van der Waals surface area contributed by atoms with Gasteiger partial charge in [0.05, 0.1) is 5.69 Å². The van der Waals surface area contributed by atoms with Crippen LogP contribution >= 0.6 is 11.8 Å². The molecule has 9 heteroatoms. The van der Waals surface area contributed by atoms with Crippen LogP contribution in [0.5, 0.6) is 0 Å². The van der Waals surface area contributed by atoms with Crippen LogP contribution in [-0.2, 0) is 11.3 Å². The maximum atomic E-state index is 13.7. The van der Waals surface area contributed by atoms with Crippen LogP contribution in [0.2, 0.25) is 0 Å². The molecule has 1 fully saturated rings. The minimum atomic E-state index is -0.538. The molecule has 28 heavy (non-hydrogen) atoms. The lowest BCUT2D eigenvalue weighted by Gasteiger charge is -2.20. The number of para-hydroxylation sites is 1. The zero-order valence-electron chi connectivity index (χ0n) is 15.2. The molecule has 0 radical (unpaired) electrons. The second-order valence-electron chi connectivity index (χ2n) is 6.79. The lowest BCUT2D eigenvalue weighted by Crippen LogP contribution is -2.29. The fraction of sp³-hybridized carbons (Fsp3) is 0.368. The van der Waals surface area contributed by atoms with Gasteiger partial charge in [0.25, 0.3) is 0 Å². The molecule has 1 N–H and O–H groups in total. The van der Waals surface area contributed by atoms with Crippen LogP contribution in [0, 0.1) is 5.82 Å². The number of nitrogens with one attached hydrogen (secondary N) is 1. The molecule has 4 rings (SSSR count). The van der Waals surface area contributed by atoms with Gasteiger partial charge in [0.1, 0.15) is 17.4 Å². The van der Waals surface area contributed by atoms with Crippen molar-refractivity contribution in [2.24, 2.45) is 0 Å². The van der Waals surface area contributed by atoms with Crippen molar-refractivity contribution in [3.8, 4) is 0 Å². The molecule has 0 unspecified atom stereocenters. The van der Waals surface area contributed by atoms with E-state index >= 15 is 0 Å². The number of hydrogen-bond donors (Lipinski definition) is 1. The minimum absolute atomic E-state index is 0.0635. The average molecular weight is 401 g/mol. The number of amides is 1. The van der Waals surface area contributed by atoms with E-state index in [4.69, 9.17) is 0 Å². The van der Waals surface area contributed by atoms with Gasteiger partial charge in [0, 0.05) is 5.25 Å². The van der Waals surface area contributed by atoms with Gasteiger partial charge < -0.3 is 5.32 Å².